The first kappa shape index (κ1) is 25.3. The van der Waals surface area contributed by atoms with Crippen molar-refractivity contribution in [2.75, 3.05) is 13.7 Å². The number of nitrogens with zero attached hydrogens (tertiary/aromatic N) is 1. The lowest BCUT2D eigenvalue weighted by Crippen LogP contribution is -2.42. The molecule has 30 heavy (non-hydrogen) atoms. The third-order valence-corrected chi connectivity index (χ3v) is 7.55. The number of nitrogens with one attached hydrogen (secondary N) is 1. The number of amides is 2. The van der Waals surface area contributed by atoms with E-state index in [-0.39, 0.29) is 11.3 Å². The zero-order valence-corrected chi connectivity index (χ0v) is 17.7. The third-order valence-electron chi connectivity index (χ3n) is 3.75. The maximum atomic E-state index is 11.7. The van der Waals surface area contributed by atoms with E-state index in [1.807, 2.05) is 0 Å². The first-order valence-corrected chi connectivity index (χ1v) is 12.3. The Balaban J connectivity index is 2.04. The normalized spacial score (nSPS) is 31.7. The molecule has 16 nitrogen and oxygen atoms in total. The number of urea groups is 1. The molecular weight excluding hydrogens is 477 g/mol. The molecule has 1 fully saturated rings. The molecule has 2 amide bonds. The fourth-order valence-electron chi connectivity index (χ4n) is 2.49. The Hall–Kier alpha value is -0.960. The van der Waals surface area contributed by atoms with Crippen molar-refractivity contribution in [2.45, 2.75) is 24.4 Å². The Kier molecular flexibility index (Phi) is 7.49. The largest absolute Gasteiger partial charge is 0.490 e. The minimum absolute atomic E-state index is 0.0721. The van der Waals surface area contributed by atoms with Crippen molar-refractivity contribution in [1.29, 1.82) is 0 Å². The number of ether oxygens (including phenoxy) is 1. The number of hydrogen-bond acceptors (Lipinski definition) is 10. The number of phosphoric ester groups is 1. The van der Waals surface area contributed by atoms with E-state index in [1.54, 1.807) is 0 Å². The van der Waals surface area contributed by atoms with Crippen LogP contribution in [0.5, 0.6) is 0 Å². The lowest BCUT2D eigenvalue weighted by molar-refractivity contribution is -0.0137. The van der Waals surface area contributed by atoms with E-state index in [1.165, 1.54) is 13.2 Å². The van der Waals surface area contributed by atoms with E-state index in [4.69, 9.17) is 19.4 Å². The highest BCUT2D eigenvalue weighted by molar-refractivity contribution is 7.66. The van der Waals surface area contributed by atoms with Crippen LogP contribution in [0.3, 0.4) is 0 Å². The van der Waals surface area contributed by atoms with Crippen LogP contribution in [0.1, 0.15) is 0 Å². The van der Waals surface area contributed by atoms with Gasteiger partial charge in [-0.1, -0.05) is 6.58 Å². The third kappa shape index (κ3) is 6.52. The number of aliphatic hydroxyl groups excluding tert-OH is 2. The van der Waals surface area contributed by atoms with Crippen LogP contribution >= 0.6 is 23.5 Å². The van der Waals surface area contributed by atoms with Gasteiger partial charge in [-0.15, -0.1) is 0 Å². The van der Waals surface area contributed by atoms with Gasteiger partial charge in [0.1, 0.15) is 24.4 Å². The van der Waals surface area contributed by atoms with E-state index in [0.717, 1.165) is 4.90 Å². The van der Waals surface area contributed by atoms with Crippen LogP contribution < -0.4 is 5.32 Å². The molecule has 0 aliphatic carbocycles. The summed E-state index contributed by atoms with van der Waals surface area (Å²) in [5.74, 6) is 0. The quantitative estimate of drug-likeness (QED) is 0.197. The predicted molar refractivity (Wildman–Crippen MR) is 94.0 cm³/mol. The molecule has 2 aliphatic heterocycles. The highest BCUT2D eigenvalue weighted by Gasteiger charge is 2.47. The van der Waals surface area contributed by atoms with Crippen LogP contribution in [0.25, 0.3) is 0 Å². The second-order valence-corrected chi connectivity index (χ2v) is 10.5. The highest BCUT2D eigenvalue weighted by Crippen LogP contribution is 2.66. The fraction of sp³-hybridized carbons (Fsp3) is 0.545. The van der Waals surface area contributed by atoms with Gasteiger partial charge in [0.2, 0.25) is 0 Å². The molecule has 0 spiro atoms. The topological polar surface area (TPSA) is 242 Å². The molecule has 0 aromatic heterocycles. The number of carbonyl (C=O) groups is 1. The molecular formula is C11H19N2O14P3. The minimum atomic E-state index is -5.70. The second kappa shape index (κ2) is 8.88. The van der Waals surface area contributed by atoms with Gasteiger partial charge in [0.25, 0.3) is 0 Å². The van der Waals surface area contributed by atoms with Crippen molar-refractivity contribution < 1.29 is 66.2 Å². The molecule has 0 aromatic rings. The summed E-state index contributed by atoms with van der Waals surface area (Å²) in [5, 5.41) is 22.7. The first-order valence-electron chi connectivity index (χ1n) is 7.76. The lowest BCUT2D eigenvalue weighted by atomic mass is 9.99. The molecule has 0 bridgehead atoms. The molecule has 0 aromatic carbocycles. The molecule has 19 heteroatoms. The molecule has 4 unspecified atom stereocenters. The van der Waals surface area contributed by atoms with Crippen molar-refractivity contribution in [3.63, 3.8) is 0 Å². The highest BCUT2D eigenvalue weighted by atomic mass is 31.3. The number of phosphoric acid groups is 3. The number of carbonyl (C=O) groups excluding carboxylic acids is 1. The van der Waals surface area contributed by atoms with Crippen LogP contribution in [-0.2, 0) is 31.6 Å². The molecule has 0 saturated carbocycles. The Morgan fingerprint density at radius 1 is 1.13 bits per heavy atom. The summed E-state index contributed by atoms with van der Waals surface area (Å²) in [6.45, 7) is 2.63. The zero-order chi connectivity index (χ0) is 23.1. The zero-order valence-electron chi connectivity index (χ0n) is 15.0. The van der Waals surface area contributed by atoms with Gasteiger partial charge in [0.15, 0.2) is 0 Å². The van der Waals surface area contributed by atoms with Crippen LogP contribution in [0, 0.1) is 0 Å². The summed E-state index contributed by atoms with van der Waals surface area (Å²) in [4.78, 5) is 48.1. The van der Waals surface area contributed by atoms with Gasteiger partial charge in [-0.3, -0.25) is 4.52 Å². The van der Waals surface area contributed by atoms with Crippen molar-refractivity contribution in [1.82, 2.24) is 10.2 Å². The number of rotatable bonds is 8. The van der Waals surface area contributed by atoms with Crippen molar-refractivity contribution >= 4 is 29.5 Å². The Bertz CT molecular complexity index is 884. The first-order chi connectivity index (χ1) is 13.5. The SMILES string of the molecule is C=C1NC(=O)N(C)C=C1[C@@H]1O[C@H](COP(=O)(O)OP(=O)(O)OP(=O)(O)O)C(O)C1O. The average Bonchev–Trinajstić information content (AvgIpc) is 2.81. The van der Waals surface area contributed by atoms with Crippen molar-refractivity contribution in [2.24, 2.45) is 0 Å². The van der Waals surface area contributed by atoms with Gasteiger partial charge in [0, 0.05) is 24.5 Å². The Labute approximate surface area is 168 Å². The lowest BCUT2D eigenvalue weighted by Gasteiger charge is -2.28. The molecule has 0 radical (unpaired) electrons. The average molecular weight is 496 g/mol. The van der Waals surface area contributed by atoms with Crippen LogP contribution in [-0.4, -0.2) is 78.8 Å². The fourth-order valence-corrected chi connectivity index (χ4v) is 5.52. The van der Waals surface area contributed by atoms with Crippen LogP contribution in [0.2, 0.25) is 0 Å². The van der Waals surface area contributed by atoms with E-state index < -0.39 is 60.5 Å². The maximum Gasteiger partial charge on any atom is 0.490 e. The van der Waals surface area contributed by atoms with Gasteiger partial charge < -0.3 is 44.7 Å². The van der Waals surface area contributed by atoms with E-state index in [9.17, 15) is 33.6 Å². The Morgan fingerprint density at radius 2 is 1.73 bits per heavy atom. The molecule has 7 N–H and O–H groups in total. The summed E-state index contributed by atoms with van der Waals surface area (Å²) in [5.41, 5.74) is 0.257. The predicted octanol–water partition coefficient (Wildman–Crippen LogP) is -1.13. The summed E-state index contributed by atoms with van der Waals surface area (Å²) < 4.78 is 50.5. The van der Waals surface area contributed by atoms with E-state index in [0.29, 0.717) is 0 Å². The van der Waals surface area contributed by atoms with Gasteiger partial charge in [-0.2, -0.15) is 8.62 Å². The second-order valence-electron chi connectivity index (χ2n) is 6.07. The van der Waals surface area contributed by atoms with Crippen LogP contribution in [0.15, 0.2) is 24.0 Å². The smallest absolute Gasteiger partial charge is 0.387 e. The molecule has 2 rings (SSSR count). The van der Waals surface area contributed by atoms with Crippen LogP contribution in [0.4, 0.5) is 4.79 Å². The van der Waals surface area contributed by atoms with Gasteiger partial charge in [0.05, 0.1) is 6.61 Å². The summed E-state index contributed by atoms with van der Waals surface area (Å²) in [7, 11) is -15.3. The van der Waals surface area contributed by atoms with Crippen molar-refractivity contribution in [3.05, 3.63) is 24.0 Å². The monoisotopic (exact) mass is 496 g/mol. The standard InChI is InChI=1S/C11H19N2O14P3/c1-5-6(3-13(2)11(16)12-5)10-9(15)8(14)7(25-10)4-24-29(20,21)27-30(22,23)26-28(17,18)19/h3,7-10,14-15H,1,4H2,2H3,(H,12,16)(H,20,21)(H,22,23)(H2,17,18,19)/t7-,8?,9?,10+/m1/s1. The molecule has 6 atom stereocenters. The molecule has 1 saturated heterocycles. The van der Waals surface area contributed by atoms with E-state index >= 15 is 0 Å². The molecule has 2 aliphatic rings. The van der Waals surface area contributed by atoms with Gasteiger partial charge in [-0.25, -0.2) is 18.5 Å². The van der Waals surface area contributed by atoms with Crippen molar-refractivity contribution in [3.8, 4) is 0 Å². The Morgan fingerprint density at radius 3 is 2.30 bits per heavy atom. The summed E-state index contributed by atoms with van der Waals surface area (Å²) in [6, 6.07) is -0.513. The number of aliphatic hydroxyl groups is 2. The number of hydrogen-bond donors (Lipinski definition) is 7. The molecule has 172 valence electrons. The molecule has 2 heterocycles. The minimum Gasteiger partial charge on any atom is -0.387 e. The van der Waals surface area contributed by atoms with Gasteiger partial charge >= 0.3 is 29.5 Å². The maximum absolute atomic E-state index is 11.7. The van der Waals surface area contributed by atoms with E-state index in [2.05, 4.69) is 25.0 Å². The summed E-state index contributed by atoms with van der Waals surface area (Å²) in [6.07, 6.45) is -4.65. The summed E-state index contributed by atoms with van der Waals surface area (Å²) >= 11 is 0. The van der Waals surface area contributed by atoms with Gasteiger partial charge in [-0.05, 0) is 0 Å².